The summed E-state index contributed by atoms with van der Waals surface area (Å²) in [6.07, 6.45) is 4.92. The SMILES string of the molecule is COc1ccc(Nc2nc(-c3ccccn3)ncc2OC)nc1. The second-order valence-corrected chi connectivity index (χ2v) is 4.53. The van der Waals surface area contributed by atoms with Crippen molar-refractivity contribution in [2.24, 2.45) is 0 Å². The van der Waals surface area contributed by atoms with E-state index in [9.17, 15) is 0 Å². The fourth-order valence-corrected chi connectivity index (χ4v) is 1.92. The molecule has 3 aromatic rings. The number of pyridine rings is 2. The van der Waals surface area contributed by atoms with Crippen LogP contribution in [0.25, 0.3) is 11.5 Å². The molecule has 0 saturated heterocycles. The Labute approximate surface area is 133 Å². The summed E-state index contributed by atoms with van der Waals surface area (Å²) in [5, 5.41) is 3.11. The number of hydrogen-bond donors (Lipinski definition) is 1. The third-order valence-electron chi connectivity index (χ3n) is 3.09. The van der Waals surface area contributed by atoms with Crippen LogP contribution in [0.3, 0.4) is 0 Å². The first-order valence-corrected chi connectivity index (χ1v) is 6.89. The van der Waals surface area contributed by atoms with E-state index >= 15 is 0 Å². The van der Waals surface area contributed by atoms with Gasteiger partial charge in [-0.2, -0.15) is 0 Å². The maximum Gasteiger partial charge on any atom is 0.180 e. The predicted molar refractivity (Wildman–Crippen MR) is 85.9 cm³/mol. The maximum absolute atomic E-state index is 5.29. The monoisotopic (exact) mass is 309 g/mol. The molecule has 0 unspecified atom stereocenters. The van der Waals surface area contributed by atoms with Gasteiger partial charge in [-0.25, -0.2) is 15.0 Å². The topological polar surface area (TPSA) is 82.0 Å². The van der Waals surface area contributed by atoms with Crippen LogP contribution >= 0.6 is 0 Å². The minimum absolute atomic E-state index is 0.502. The smallest absolute Gasteiger partial charge is 0.180 e. The van der Waals surface area contributed by atoms with Crippen molar-refractivity contribution in [1.82, 2.24) is 19.9 Å². The Morgan fingerprint density at radius 1 is 0.913 bits per heavy atom. The summed E-state index contributed by atoms with van der Waals surface area (Å²) in [6, 6.07) is 9.17. The van der Waals surface area contributed by atoms with Gasteiger partial charge in [0, 0.05) is 6.20 Å². The Morgan fingerprint density at radius 3 is 2.48 bits per heavy atom. The fraction of sp³-hybridized carbons (Fsp3) is 0.125. The quantitative estimate of drug-likeness (QED) is 0.776. The van der Waals surface area contributed by atoms with Crippen molar-refractivity contribution in [3.8, 4) is 23.0 Å². The molecule has 0 aliphatic carbocycles. The van der Waals surface area contributed by atoms with E-state index in [1.54, 1.807) is 38.9 Å². The average Bonchev–Trinajstić information content (AvgIpc) is 2.63. The van der Waals surface area contributed by atoms with E-state index in [2.05, 4.69) is 25.3 Å². The molecule has 1 N–H and O–H groups in total. The zero-order valence-electron chi connectivity index (χ0n) is 12.7. The molecule has 116 valence electrons. The Kier molecular flexibility index (Phi) is 4.28. The molecule has 3 heterocycles. The average molecular weight is 309 g/mol. The molecular formula is C16H15N5O2. The normalized spacial score (nSPS) is 10.2. The molecule has 0 aliphatic heterocycles. The summed E-state index contributed by atoms with van der Waals surface area (Å²) >= 11 is 0. The highest BCUT2D eigenvalue weighted by molar-refractivity contribution is 5.62. The number of nitrogens with one attached hydrogen (secondary N) is 1. The molecule has 3 rings (SSSR count). The number of nitrogens with zero attached hydrogens (tertiary/aromatic N) is 4. The molecule has 7 nitrogen and oxygen atoms in total. The minimum Gasteiger partial charge on any atom is -0.495 e. The van der Waals surface area contributed by atoms with E-state index in [0.29, 0.717) is 34.7 Å². The largest absolute Gasteiger partial charge is 0.495 e. The Bertz CT molecular complexity index is 778. The van der Waals surface area contributed by atoms with Crippen LogP contribution in [0.1, 0.15) is 0 Å². The molecule has 0 aromatic carbocycles. The molecule has 0 atom stereocenters. The van der Waals surface area contributed by atoms with E-state index in [-0.39, 0.29) is 0 Å². The highest BCUT2D eigenvalue weighted by Crippen LogP contribution is 2.26. The minimum atomic E-state index is 0.502. The first-order chi connectivity index (χ1) is 11.3. The predicted octanol–water partition coefficient (Wildman–Crippen LogP) is 2.69. The highest BCUT2D eigenvalue weighted by Gasteiger charge is 2.11. The van der Waals surface area contributed by atoms with Crippen LogP contribution in [0.15, 0.2) is 48.9 Å². The highest BCUT2D eigenvalue weighted by atomic mass is 16.5. The van der Waals surface area contributed by atoms with Crippen LogP contribution in [0, 0.1) is 0 Å². The summed E-state index contributed by atoms with van der Waals surface area (Å²) in [6.45, 7) is 0. The lowest BCUT2D eigenvalue weighted by Crippen LogP contribution is -2.02. The lowest BCUT2D eigenvalue weighted by molar-refractivity contribution is 0.412. The van der Waals surface area contributed by atoms with E-state index in [1.165, 1.54) is 0 Å². The lowest BCUT2D eigenvalue weighted by atomic mass is 10.3. The van der Waals surface area contributed by atoms with Gasteiger partial charge in [-0.15, -0.1) is 0 Å². The second-order valence-electron chi connectivity index (χ2n) is 4.53. The third-order valence-corrected chi connectivity index (χ3v) is 3.09. The number of hydrogen-bond acceptors (Lipinski definition) is 7. The Balaban J connectivity index is 1.92. The maximum atomic E-state index is 5.29. The van der Waals surface area contributed by atoms with Crippen LogP contribution in [-0.2, 0) is 0 Å². The van der Waals surface area contributed by atoms with Crippen molar-refractivity contribution in [3.63, 3.8) is 0 Å². The van der Waals surface area contributed by atoms with Gasteiger partial charge in [0.15, 0.2) is 17.4 Å². The van der Waals surface area contributed by atoms with E-state index in [4.69, 9.17) is 9.47 Å². The van der Waals surface area contributed by atoms with Crippen LogP contribution in [0.4, 0.5) is 11.6 Å². The van der Waals surface area contributed by atoms with E-state index < -0.39 is 0 Å². The third kappa shape index (κ3) is 3.34. The first kappa shape index (κ1) is 14.7. The van der Waals surface area contributed by atoms with Gasteiger partial charge in [0.2, 0.25) is 0 Å². The van der Waals surface area contributed by atoms with Gasteiger partial charge in [0.05, 0.1) is 26.6 Å². The van der Waals surface area contributed by atoms with Gasteiger partial charge in [-0.1, -0.05) is 6.07 Å². The Morgan fingerprint density at radius 2 is 1.83 bits per heavy atom. The first-order valence-electron chi connectivity index (χ1n) is 6.89. The van der Waals surface area contributed by atoms with Crippen molar-refractivity contribution >= 4 is 11.6 Å². The summed E-state index contributed by atoms with van der Waals surface area (Å²) in [5.41, 5.74) is 0.681. The van der Waals surface area contributed by atoms with Crippen molar-refractivity contribution in [3.05, 3.63) is 48.9 Å². The molecule has 3 aromatic heterocycles. The molecule has 7 heteroatoms. The van der Waals surface area contributed by atoms with Gasteiger partial charge in [0.1, 0.15) is 17.3 Å². The molecule has 0 radical (unpaired) electrons. The van der Waals surface area contributed by atoms with E-state index in [0.717, 1.165) is 0 Å². The van der Waals surface area contributed by atoms with Crippen LogP contribution in [0.5, 0.6) is 11.5 Å². The Hall–Kier alpha value is -3.22. The van der Waals surface area contributed by atoms with Gasteiger partial charge in [-0.3, -0.25) is 4.98 Å². The molecule has 0 fully saturated rings. The fourth-order valence-electron chi connectivity index (χ4n) is 1.92. The van der Waals surface area contributed by atoms with Crippen molar-refractivity contribution in [2.75, 3.05) is 19.5 Å². The number of ether oxygens (including phenoxy) is 2. The second kappa shape index (κ2) is 6.69. The van der Waals surface area contributed by atoms with Crippen LogP contribution in [0.2, 0.25) is 0 Å². The molecule has 0 saturated carbocycles. The lowest BCUT2D eigenvalue weighted by Gasteiger charge is -2.10. The number of anilines is 2. The van der Waals surface area contributed by atoms with Gasteiger partial charge >= 0.3 is 0 Å². The molecule has 0 spiro atoms. The van der Waals surface area contributed by atoms with Crippen molar-refractivity contribution in [1.29, 1.82) is 0 Å². The molecule has 0 bridgehead atoms. The zero-order valence-corrected chi connectivity index (χ0v) is 12.7. The summed E-state index contributed by atoms with van der Waals surface area (Å²) < 4.78 is 10.4. The van der Waals surface area contributed by atoms with Crippen LogP contribution in [-0.4, -0.2) is 34.2 Å². The molecule has 0 amide bonds. The van der Waals surface area contributed by atoms with E-state index in [1.807, 2.05) is 24.3 Å². The standard InChI is InChI=1S/C16H15N5O2/c1-22-11-6-7-14(18-9-11)20-16-13(23-2)10-19-15(21-16)12-5-3-4-8-17-12/h3-10H,1-2H3,(H,18,19,20,21). The van der Waals surface area contributed by atoms with Crippen molar-refractivity contribution in [2.45, 2.75) is 0 Å². The van der Waals surface area contributed by atoms with Gasteiger partial charge < -0.3 is 14.8 Å². The number of rotatable bonds is 5. The number of aromatic nitrogens is 4. The molecular weight excluding hydrogens is 294 g/mol. The van der Waals surface area contributed by atoms with Gasteiger partial charge in [0.25, 0.3) is 0 Å². The summed E-state index contributed by atoms with van der Waals surface area (Å²) in [4.78, 5) is 17.2. The molecule has 0 aliphatic rings. The van der Waals surface area contributed by atoms with Crippen LogP contribution < -0.4 is 14.8 Å². The summed E-state index contributed by atoms with van der Waals surface area (Å²) in [7, 11) is 3.16. The zero-order chi connectivity index (χ0) is 16.1. The molecule has 23 heavy (non-hydrogen) atoms. The summed E-state index contributed by atoms with van der Waals surface area (Å²) in [5.74, 6) is 2.83. The number of methoxy groups -OCH3 is 2. The van der Waals surface area contributed by atoms with Gasteiger partial charge in [-0.05, 0) is 24.3 Å². The van der Waals surface area contributed by atoms with Crippen molar-refractivity contribution < 1.29 is 9.47 Å².